The van der Waals surface area contributed by atoms with Crippen LogP contribution in [0.25, 0.3) is 0 Å². The molecule has 1 aliphatic rings. The Morgan fingerprint density at radius 2 is 1.79 bits per heavy atom. The number of nitrogens with two attached hydrogens (primary N) is 1. The highest BCUT2D eigenvalue weighted by Crippen LogP contribution is 2.25. The van der Waals surface area contributed by atoms with Gasteiger partial charge in [-0.2, -0.15) is 0 Å². The summed E-state index contributed by atoms with van der Waals surface area (Å²) in [4.78, 5) is 26.4. The number of nitrogens with zero attached hydrogens (tertiary/aromatic N) is 1. The third-order valence-corrected chi connectivity index (χ3v) is 4.55. The number of rotatable bonds is 6. The van der Waals surface area contributed by atoms with E-state index in [1.54, 1.807) is 4.90 Å². The van der Waals surface area contributed by atoms with Gasteiger partial charge in [0.25, 0.3) is 0 Å². The summed E-state index contributed by atoms with van der Waals surface area (Å²) in [6.45, 7) is 3.11. The molecule has 0 saturated heterocycles. The predicted molar refractivity (Wildman–Crippen MR) is 97.8 cm³/mol. The van der Waals surface area contributed by atoms with Crippen molar-refractivity contribution in [3.63, 3.8) is 0 Å². The molecule has 1 saturated carbocycles. The van der Waals surface area contributed by atoms with Crippen LogP contribution in [0.4, 0.5) is 0 Å². The van der Waals surface area contributed by atoms with Crippen molar-refractivity contribution in [3.8, 4) is 0 Å². The Hall–Kier alpha value is -1.59. The van der Waals surface area contributed by atoms with E-state index in [0.29, 0.717) is 25.9 Å². The van der Waals surface area contributed by atoms with E-state index in [9.17, 15) is 9.59 Å². The zero-order chi connectivity index (χ0) is 16.7. The first-order valence-corrected chi connectivity index (χ1v) is 8.44. The van der Waals surface area contributed by atoms with Gasteiger partial charge in [0.05, 0.1) is 12.1 Å². The molecule has 134 valence electrons. The molecule has 1 aromatic carbocycles. The fourth-order valence-corrected chi connectivity index (χ4v) is 3.03. The van der Waals surface area contributed by atoms with Crippen LogP contribution in [0.3, 0.4) is 0 Å². The Labute approximate surface area is 150 Å². The largest absolute Gasteiger partial charge is 0.345 e. The average Bonchev–Trinajstić information content (AvgIpc) is 2.58. The van der Waals surface area contributed by atoms with Gasteiger partial charge in [0, 0.05) is 13.1 Å². The number of carbonyl (C=O) groups is 2. The minimum Gasteiger partial charge on any atom is -0.345 e. The van der Waals surface area contributed by atoms with Gasteiger partial charge in [-0.05, 0) is 25.3 Å². The Morgan fingerprint density at radius 1 is 1.17 bits per heavy atom. The van der Waals surface area contributed by atoms with Gasteiger partial charge in [-0.3, -0.25) is 9.59 Å². The van der Waals surface area contributed by atoms with Crippen molar-refractivity contribution >= 4 is 24.2 Å². The van der Waals surface area contributed by atoms with Gasteiger partial charge in [0.2, 0.25) is 11.8 Å². The average molecular weight is 354 g/mol. The molecule has 0 spiro atoms. The number of carbonyl (C=O) groups excluding carboxylic acids is 2. The summed E-state index contributed by atoms with van der Waals surface area (Å²) in [6.07, 6.45) is 4.49. The van der Waals surface area contributed by atoms with Crippen LogP contribution in [-0.4, -0.2) is 35.3 Å². The summed E-state index contributed by atoms with van der Waals surface area (Å²) in [5.74, 6) is -0.273. The number of benzene rings is 1. The molecular formula is C18H28ClN3O2. The summed E-state index contributed by atoms with van der Waals surface area (Å²) >= 11 is 0. The Kier molecular flexibility index (Phi) is 8.22. The summed E-state index contributed by atoms with van der Waals surface area (Å²) in [5, 5.41) is 2.74. The lowest BCUT2D eigenvalue weighted by molar-refractivity contribution is -0.135. The van der Waals surface area contributed by atoms with Crippen molar-refractivity contribution in [3.05, 3.63) is 35.9 Å². The van der Waals surface area contributed by atoms with Gasteiger partial charge in [0.1, 0.15) is 0 Å². The molecule has 0 atom stereocenters. The second-order valence-corrected chi connectivity index (χ2v) is 6.29. The van der Waals surface area contributed by atoms with Crippen LogP contribution in [0.5, 0.6) is 0 Å². The van der Waals surface area contributed by atoms with Crippen molar-refractivity contribution in [2.45, 2.75) is 51.1 Å². The standard InChI is InChI=1S/C18H27N3O2.ClH/c1-2-21(14-15-9-5-3-6-10-15)16(22)13-20-17(23)18(19)11-7-4-8-12-18;/h3,5-6,9-10H,2,4,7-8,11-14,19H2,1H3,(H,20,23);1H. The number of hydrogen-bond donors (Lipinski definition) is 2. The van der Waals surface area contributed by atoms with E-state index in [1.807, 2.05) is 37.3 Å². The highest BCUT2D eigenvalue weighted by atomic mass is 35.5. The Balaban J connectivity index is 0.00000288. The van der Waals surface area contributed by atoms with Crippen LogP contribution in [0, 0.1) is 0 Å². The molecule has 0 aliphatic heterocycles. The van der Waals surface area contributed by atoms with Crippen LogP contribution >= 0.6 is 12.4 Å². The molecule has 0 unspecified atom stereocenters. The third kappa shape index (κ3) is 5.49. The lowest BCUT2D eigenvalue weighted by atomic mass is 9.82. The Bertz CT molecular complexity index is 530. The normalized spacial score (nSPS) is 15.9. The van der Waals surface area contributed by atoms with E-state index in [1.165, 1.54) is 0 Å². The highest BCUT2D eigenvalue weighted by molar-refractivity contribution is 5.90. The zero-order valence-electron chi connectivity index (χ0n) is 14.3. The second kappa shape index (κ2) is 9.64. The first kappa shape index (κ1) is 20.5. The van der Waals surface area contributed by atoms with Crippen LogP contribution in [0.2, 0.25) is 0 Å². The molecular weight excluding hydrogens is 326 g/mol. The molecule has 1 fully saturated rings. The first-order chi connectivity index (χ1) is 11.0. The quantitative estimate of drug-likeness (QED) is 0.823. The minimum absolute atomic E-state index is 0. The maximum absolute atomic E-state index is 12.3. The van der Waals surface area contributed by atoms with E-state index < -0.39 is 5.54 Å². The molecule has 1 aliphatic carbocycles. The van der Waals surface area contributed by atoms with Crippen LogP contribution in [0.15, 0.2) is 30.3 Å². The highest BCUT2D eigenvalue weighted by Gasteiger charge is 2.35. The SMILES string of the molecule is CCN(Cc1ccccc1)C(=O)CNC(=O)C1(N)CCCCC1.Cl. The van der Waals surface area contributed by atoms with Crippen LogP contribution < -0.4 is 11.1 Å². The summed E-state index contributed by atoms with van der Waals surface area (Å²) < 4.78 is 0. The van der Waals surface area contributed by atoms with Crippen molar-refractivity contribution in [1.29, 1.82) is 0 Å². The molecule has 2 rings (SSSR count). The number of halogens is 1. The zero-order valence-corrected chi connectivity index (χ0v) is 15.1. The number of hydrogen-bond acceptors (Lipinski definition) is 3. The van der Waals surface area contributed by atoms with Crippen LogP contribution in [0.1, 0.15) is 44.6 Å². The molecule has 5 nitrogen and oxygen atoms in total. The van der Waals surface area contributed by atoms with Crippen molar-refractivity contribution in [2.24, 2.45) is 5.73 Å². The summed E-state index contributed by atoms with van der Waals surface area (Å²) in [6, 6.07) is 9.84. The molecule has 2 amide bonds. The van der Waals surface area contributed by atoms with E-state index in [4.69, 9.17) is 5.73 Å². The van der Waals surface area contributed by atoms with Crippen molar-refractivity contribution in [2.75, 3.05) is 13.1 Å². The second-order valence-electron chi connectivity index (χ2n) is 6.29. The van der Waals surface area contributed by atoms with Crippen molar-refractivity contribution < 1.29 is 9.59 Å². The lowest BCUT2D eigenvalue weighted by Crippen LogP contribution is -2.56. The summed E-state index contributed by atoms with van der Waals surface area (Å²) in [5.41, 5.74) is 6.47. The molecule has 1 aromatic rings. The van der Waals surface area contributed by atoms with Crippen molar-refractivity contribution in [1.82, 2.24) is 10.2 Å². The van der Waals surface area contributed by atoms with E-state index in [0.717, 1.165) is 24.8 Å². The monoisotopic (exact) mass is 353 g/mol. The molecule has 3 N–H and O–H groups in total. The first-order valence-electron chi connectivity index (χ1n) is 8.44. The molecule has 24 heavy (non-hydrogen) atoms. The Morgan fingerprint density at radius 3 is 2.38 bits per heavy atom. The number of amides is 2. The topological polar surface area (TPSA) is 75.4 Å². The van der Waals surface area contributed by atoms with Gasteiger partial charge in [0.15, 0.2) is 0 Å². The van der Waals surface area contributed by atoms with E-state index in [-0.39, 0.29) is 30.8 Å². The molecule has 6 heteroatoms. The van der Waals surface area contributed by atoms with Gasteiger partial charge in [-0.1, -0.05) is 49.6 Å². The molecule has 0 heterocycles. The van der Waals surface area contributed by atoms with Gasteiger partial charge >= 0.3 is 0 Å². The van der Waals surface area contributed by atoms with Crippen LogP contribution in [-0.2, 0) is 16.1 Å². The fourth-order valence-electron chi connectivity index (χ4n) is 3.03. The third-order valence-electron chi connectivity index (χ3n) is 4.55. The van der Waals surface area contributed by atoms with Gasteiger partial charge < -0.3 is 16.0 Å². The fraction of sp³-hybridized carbons (Fsp3) is 0.556. The van der Waals surface area contributed by atoms with E-state index in [2.05, 4.69) is 5.32 Å². The maximum Gasteiger partial charge on any atom is 0.242 e. The predicted octanol–water partition coefficient (Wildman–Crippen LogP) is 2.23. The lowest BCUT2D eigenvalue weighted by Gasteiger charge is -2.32. The molecule has 0 radical (unpaired) electrons. The molecule has 0 bridgehead atoms. The number of likely N-dealkylation sites (N-methyl/N-ethyl adjacent to an activating group) is 1. The van der Waals surface area contributed by atoms with Gasteiger partial charge in [-0.15, -0.1) is 12.4 Å². The number of nitrogens with one attached hydrogen (secondary N) is 1. The smallest absolute Gasteiger partial charge is 0.242 e. The minimum atomic E-state index is -0.797. The van der Waals surface area contributed by atoms with Gasteiger partial charge in [-0.25, -0.2) is 0 Å². The summed E-state index contributed by atoms with van der Waals surface area (Å²) in [7, 11) is 0. The van der Waals surface area contributed by atoms with E-state index >= 15 is 0 Å². The molecule has 0 aromatic heterocycles. The maximum atomic E-state index is 12.3.